The van der Waals surface area contributed by atoms with Crippen molar-refractivity contribution in [3.05, 3.63) is 11.6 Å². The summed E-state index contributed by atoms with van der Waals surface area (Å²) < 4.78 is 0. The molecule has 80 valence electrons. The van der Waals surface area contributed by atoms with Crippen LogP contribution in [-0.2, 0) is 9.59 Å². The summed E-state index contributed by atoms with van der Waals surface area (Å²) in [4.78, 5) is 20.7. The van der Waals surface area contributed by atoms with Crippen molar-refractivity contribution in [2.45, 2.75) is 25.6 Å². The van der Waals surface area contributed by atoms with E-state index in [-0.39, 0.29) is 12.5 Å². The topological polar surface area (TPSA) is 115 Å². The van der Waals surface area contributed by atoms with Gasteiger partial charge in [-0.3, -0.25) is 0 Å². The van der Waals surface area contributed by atoms with E-state index in [4.69, 9.17) is 10.2 Å². The summed E-state index contributed by atoms with van der Waals surface area (Å²) in [7, 11) is 0. The van der Waals surface area contributed by atoms with Gasteiger partial charge in [0.05, 0.1) is 0 Å². The van der Waals surface area contributed by atoms with E-state index in [1.54, 1.807) is 6.92 Å². The lowest BCUT2D eigenvalue weighted by Gasteiger charge is -2.21. The molecule has 0 amide bonds. The van der Waals surface area contributed by atoms with Crippen LogP contribution in [0.5, 0.6) is 0 Å². The first-order chi connectivity index (χ1) is 6.31. The third-order valence-electron chi connectivity index (χ3n) is 1.53. The molecule has 0 heterocycles. The molecular weight excluding hydrogens is 192 g/mol. The van der Waals surface area contributed by atoms with Gasteiger partial charge in [0, 0.05) is 12.5 Å². The van der Waals surface area contributed by atoms with Crippen molar-refractivity contribution in [1.82, 2.24) is 0 Å². The fraction of sp³-hybridized carbons (Fsp3) is 0.500. The van der Waals surface area contributed by atoms with Crippen molar-refractivity contribution >= 4 is 11.9 Å². The first-order valence-corrected chi connectivity index (χ1v) is 3.94. The first kappa shape index (κ1) is 12.6. The van der Waals surface area contributed by atoms with Crippen LogP contribution in [0.3, 0.4) is 0 Å². The molecule has 4 N–H and O–H groups in total. The predicted molar refractivity (Wildman–Crippen MR) is 45.4 cm³/mol. The summed E-state index contributed by atoms with van der Waals surface area (Å²) >= 11 is 0. The summed E-state index contributed by atoms with van der Waals surface area (Å²) in [5, 5.41) is 35.3. The van der Waals surface area contributed by atoms with Crippen LogP contribution in [0.1, 0.15) is 19.8 Å². The second kappa shape index (κ2) is 4.73. The summed E-state index contributed by atoms with van der Waals surface area (Å²) in [6.45, 7) is 1.61. The molecule has 0 saturated carbocycles. The molecule has 0 atom stereocenters. The smallest absolute Gasteiger partial charge is 0.337 e. The highest BCUT2D eigenvalue weighted by Crippen LogP contribution is 2.19. The molecule has 0 aliphatic heterocycles. The molecule has 14 heavy (non-hydrogen) atoms. The van der Waals surface area contributed by atoms with Crippen LogP contribution in [0.15, 0.2) is 11.6 Å². The largest absolute Gasteiger partial charge is 0.478 e. The standard InChI is InChI=1S/C8H12O6/c1-2-3-8(13,14)5(7(11)12)4-6(9)10/h4,13-14H,2-3H2,1H3,(H,9,10)(H,11,12)/b5-4+. The van der Waals surface area contributed by atoms with Crippen LogP contribution in [0.4, 0.5) is 0 Å². The summed E-state index contributed by atoms with van der Waals surface area (Å²) in [5.74, 6) is -5.80. The Morgan fingerprint density at radius 2 is 1.79 bits per heavy atom. The quantitative estimate of drug-likeness (QED) is 0.356. The van der Waals surface area contributed by atoms with Crippen molar-refractivity contribution in [2.24, 2.45) is 0 Å². The normalized spacial score (nSPS) is 12.6. The van der Waals surface area contributed by atoms with Crippen LogP contribution in [0.25, 0.3) is 0 Å². The van der Waals surface area contributed by atoms with Gasteiger partial charge in [0.1, 0.15) is 5.57 Å². The molecule has 0 spiro atoms. The molecule has 0 aliphatic carbocycles. The molecule has 0 unspecified atom stereocenters. The molecular formula is C8H12O6. The maximum atomic E-state index is 10.5. The lowest BCUT2D eigenvalue weighted by Crippen LogP contribution is -2.35. The Labute approximate surface area is 80.1 Å². The Balaban J connectivity index is 5.01. The zero-order valence-electron chi connectivity index (χ0n) is 7.60. The van der Waals surface area contributed by atoms with Gasteiger partial charge in [-0.05, 0) is 0 Å². The van der Waals surface area contributed by atoms with Crippen LogP contribution in [0, 0.1) is 0 Å². The number of carboxylic acid groups (broad SMARTS) is 2. The Hall–Kier alpha value is -1.40. The van der Waals surface area contributed by atoms with E-state index in [2.05, 4.69) is 0 Å². The third kappa shape index (κ3) is 3.55. The molecule has 0 aromatic carbocycles. The van der Waals surface area contributed by atoms with Crippen molar-refractivity contribution in [2.75, 3.05) is 0 Å². The second-order valence-corrected chi connectivity index (χ2v) is 2.77. The van der Waals surface area contributed by atoms with Gasteiger partial charge in [-0.2, -0.15) is 0 Å². The fourth-order valence-corrected chi connectivity index (χ4v) is 0.955. The number of carboxylic acids is 2. The number of rotatable bonds is 5. The van der Waals surface area contributed by atoms with Crippen molar-refractivity contribution < 1.29 is 30.0 Å². The Morgan fingerprint density at radius 3 is 2.07 bits per heavy atom. The zero-order valence-corrected chi connectivity index (χ0v) is 7.60. The van der Waals surface area contributed by atoms with Gasteiger partial charge >= 0.3 is 11.9 Å². The fourth-order valence-electron chi connectivity index (χ4n) is 0.955. The van der Waals surface area contributed by atoms with Crippen LogP contribution in [-0.4, -0.2) is 38.2 Å². The molecule has 0 aromatic heterocycles. The molecule has 0 aliphatic rings. The maximum absolute atomic E-state index is 10.5. The second-order valence-electron chi connectivity index (χ2n) is 2.77. The lowest BCUT2D eigenvalue weighted by molar-refractivity contribution is -0.157. The highest BCUT2D eigenvalue weighted by Gasteiger charge is 2.33. The van der Waals surface area contributed by atoms with Gasteiger partial charge < -0.3 is 20.4 Å². The third-order valence-corrected chi connectivity index (χ3v) is 1.53. The van der Waals surface area contributed by atoms with E-state index in [9.17, 15) is 19.8 Å². The maximum Gasteiger partial charge on any atom is 0.337 e. The summed E-state index contributed by atoms with van der Waals surface area (Å²) in [6, 6.07) is 0. The van der Waals surface area contributed by atoms with Gasteiger partial charge in [-0.15, -0.1) is 0 Å². The van der Waals surface area contributed by atoms with Crippen LogP contribution >= 0.6 is 0 Å². The average Bonchev–Trinajstić information content (AvgIpc) is 1.99. The van der Waals surface area contributed by atoms with Crippen molar-refractivity contribution in [3.8, 4) is 0 Å². The van der Waals surface area contributed by atoms with E-state index in [0.29, 0.717) is 6.42 Å². The first-order valence-electron chi connectivity index (χ1n) is 3.94. The average molecular weight is 204 g/mol. The monoisotopic (exact) mass is 204 g/mol. The minimum absolute atomic E-state index is 0.238. The molecule has 0 aromatic rings. The van der Waals surface area contributed by atoms with Gasteiger partial charge in [0.25, 0.3) is 0 Å². The van der Waals surface area contributed by atoms with Crippen LogP contribution < -0.4 is 0 Å². The Kier molecular flexibility index (Phi) is 4.26. The minimum Gasteiger partial charge on any atom is -0.478 e. The minimum atomic E-state index is -2.60. The number of hydrogen-bond donors (Lipinski definition) is 4. The van der Waals surface area contributed by atoms with Gasteiger partial charge in [0.15, 0.2) is 5.79 Å². The zero-order chi connectivity index (χ0) is 11.4. The van der Waals surface area contributed by atoms with E-state index in [1.807, 2.05) is 0 Å². The van der Waals surface area contributed by atoms with Crippen molar-refractivity contribution in [1.29, 1.82) is 0 Å². The van der Waals surface area contributed by atoms with E-state index in [1.165, 1.54) is 0 Å². The molecule has 0 radical (unpaired) electrons. The Bertz CT molecular complexity index is 265. The molecule has 0 rings (SSSR count). The van der Waals surface area contributed by atoms with E-state index < -0.39 is 23.3 Å². The van der Waals surface area contributed by atoms with Crippen LogP contribution in [0.2, 0.25) is 0 Å². The molecule has 0 fully saturated rings. The number of carbonyl (C=O) groups is 2. The molecule has 0 bridgehead atoms. The highest BCUT2D eigenvalue weighted by molar-refractivity contribution is 5.95. The van der Waals surface area contributed by atoms with Gasteiger partial charge in [-0.25, -0.2) is 9.59 Å². The van der Waals surface area contributed by atoms with Gasteiger partial charge in [-0.1, -0.05) is 13.3 Å². The van der Waals surface area contributed by atoms with E-state index in [0.717, 1.165) is 0 Å². The SMILES string of the molecule is CCCC(O)(O)/C(=C/C(=O)O)C(=O)O. The summed E-state index contributed by atoms with van der Waals surface area (Å²) in [6.07, 6.45) is 0.355. The van der Waals surface area contributed by atoms with E-state index >= 15 is 0 Å². The lowest BCUT2D eigenvalue weighted by atomic mass is 10.0. The highest BCUT2D eigenvalue weighted by atomic mass is 16.5. The number of aliphatic carboxylic acids is 2. The number of aliphatic hydroxyl groups is 2. The number of hydrogen-bond acceptors (Lipinski definition) is 4. The molecule has 6 heteroatoms. The predicted octanol–water partition coefficient (Wildman–Crippen LogP) is -0.437. The van der Waals surface area contributed by atoms with Gasteiger partial charge in [0.2, 0.25) is 0 Å². The van der Waals surface area contributed by atoms with Crippen molar-refractivity contribution in [3.63, 3.8) is 0 Å². The molecule has 0 saturated heterocycles. The Morgan fingerprint density at radius 1 is 1.29 bits per heavy atom. The molecule has 6 nitrogen and oxygen atoms in total. The summed E-state index contributed by atoms with van der Waals surface area (Å²) in [5.41, 5.74) is -0.938.